The number of hydrogen-bond donors (Lipinski definition) is 0. The van der Waals surface area contributed by atoms with Gasteiger partial charge in [0.25, 0.3) is 0 Å². The first-order valence-electron chi connectivity index (χ1n) is 2.97. The molecule has 0 nitrogen and oxygen atoms in total. The second-order valence-corrected chi connectivity index (χ2v) is 2.13. The summed E-state index contributed by atoms with van der Waals surface area (Å²) in [6.07, 6.45) is 5.14. The zero-order valence-corrected chi connectivity index (χ0v) is 7.79. The Morgan fingerprint density at radius 2 is 1.75 bits per heavy atom. The third-order valence-corrected chi connectivity index (χ3v) is 1.25. The van der Waals surface area contributed by atoms with Crippen molar-refractivity contribution in [2.45, 2.75) is 32.6 Å². The summed E-state index contributed by atoms with van der Waals surface area (Å²) in [4.78, 5) is 0. The van der Waals surface area contributed by atoms with Gasteiger partial charge in [-0.05, 0) is 6.42 Å². The molecule has 0 bridgehead atoms. The van der Waals surface area contributed by atoms with Crippen LogP contribution in [0.5, 0.6) is 0 Å². The van der Waals surface area contributed by atoms with Crippen LogP contribution in [0.4, 0.5) is 0 Å². The predicted octanol–water partition coefficient (Wildman–Crippen LogP) is 2.86. The van der Waals surface area contributed by atoms with Crippen molar-refractivity contribution < 1.29 is 0 Å². The SMILES string of the molecule is CCCCCCCl.P. The van der Waals surface area contributed by atoms with Gasteiger partial charge in [0.15, 0.2) is 0 Å². The van der Waals surface area contributed by atoms with E-state index in [1.807, 2.05) is 0 Å². The molecule has 8 heavy (non-hydrogen) atoms. The topological polar surface area (TPSA) is 0 Å². The van der Waals surface area contributed by atoms with Gasteiger partial charge in [0.2, 0.25) is 0 Å². The normalized spacial score (nSPS) is 8.25. The van der Waals surface area contributed by atoms with Crippen LogP contribution in [0.2, 0.25) is 0 Å². The highest BCUT2D eigenvalue weighted by Gasteiger charge is 1.81. The molecular formula is C6H16ClP. The number of unbranched alkanes of at least 4 members (excludes halogenated alkanes) is 3. The fourth-order valence-corrected chi connectivity index (χ4v) is 0.710. The third-order valence-electron chi connectivity index (χ3n) is 0.987. The highest BCUT2D eigenvalue weighted by atomic mass is 35.5. The number of alkyl halides is 1. The first kappa shape index (κ1) is 11.5. The highest BCUT2D eigenvalue weighted by molar-refractivity contribution is 6.92. The minimum Gasteiger partial charge on any atom is -0.153 e. The van der Waals surface area contributed by atoms with Crippen molar-refractivity contribution >= 4 is 21.5 Å². The van der Waals surface area contributed by atoms with Crippen LogP contribution in [0, 0.1) is 0 Å². The zero-order valence-electron chi connectivity index (χ0n) is 5.62. The second-order valence-electron chi connectivity index (χ2n) is 1.75. The summed E-state index contributed by atoms with van der Waals surface area (Å²) in [6.45, 7) is 2.20. The molecule has 0 spiro atoms. The summed E-state index contributed by atoms with van der Waals surface area (Å²) in [7, 11) is 0. The van der Waals surface area contributed by atoms with E-state index < -0.39 is 0 Å². The summed E-state index contributed by atoms with van der Waals surface area (Å²) in [5, 5.41) is 0. The van der Waals surface area contributed by atoms with Gasteiger partial charge in [-0.2, -0.15) is 9.90 Å². The fourth-order valence-electron chi connectivity index (χ4n) is 0.521. The van der Waals surface area contributed by atoms with E-state index in [0.717, 1.165) is 5.88 Å². The Labute approximate surface area is 60.6 Å². The van der Waals surface area contributed by atoms with Gasteiger partial charge in [0.1, 0.15) is 0 Å². The molecule has 2 heteroatoms. The smallest absolute Gasteiger partial charge is 0.0223 e. The van der Waals surface area contributed by atoms with E-state index in [1.54, 1.807) is 0 Å². The Morgan fingerprint density at radius 3 is 2.12 bits per heavy atom. The molecular weight excluding hydrogens is 138 g/mol. The first-order valence-corrected chi connectivity index (χ1v) is 3.51. The van der Waals surface area contributed by atoms with Crippen LogP contribution in [0.25, 0.3) is 0 Å². The van der Waals surface area contributed by atoms with Crippen LogP contribution in [-0.4, -0.2) is 5.88 Å². The molecule has 0 rings (SSSR count). The maximum absolute atomic E-state index is 5.44. The molecule has 0 aliphatic carbocycles. The molecule has 0 saturated heterocycles. The van der Waals surface area contributed by atoms with E-state index in [0.29, 0.717) is 0 Å². The molecule has 0 heterocycles. The van der Waals surface area contributed by atoms with E-state index in [1.165, 1.54) is 25.7 Å². The van der Waals surface area contributed by atoms with Crippen molar-refractivity contribution in [3.05, 3.63) is 0 Å². The lowest BCUT2D eigenvalue weighted by Crippen LogP contribution is -1.74. The Balaban J connectivity index is 0. The molecule has 0 amide bonds. The Morgan fingerprint density at radius 1 is 1.12 bits per heavy atom. The number of halogens is 1. The Kier molecular flexibility index (Phi) is 15.3. The fraction of sp³-hybridized carbons (Fsp3) is 1.00. The van der Waals surface area contributed by atoms with Crippen molar-refractivity contribution in [3.63, 3.8) is 0 Å². The monoisotopic (exact) mass is 154 g/mol. The first-order chi connectivity index (χ1) is 3.41. The summed E-state index contributed by atoms with van der Waals surface area (Å²) < 4.78 is 0. The van der Waals surface area contributed by atoms with Crippen LogP contribution >= 0.6 is 21.5 Å². The lowest BCUT2D eigenvalue weighted by Gasteiger charge is -1.89. The zero-order chi connectivity index (χ0) is 5.54. The minimum atomic E-state index is 0. The van der Waals surface area contributed by atoms with Gasteiger partial charge in [0.05, 0.1) is 0 Å². The summed E-state index contributed by atoms with van der Waals surface area (Å²) in [6, 6.07) is 0. The summed E-state index contributed by atoms with van der Waals surface area (Å²) in [5.41, 5.74) is 0. The van der Waals surface area contributed by atoms with E-state index in [2.05, 4.69) is 6.92 Å². The molecule has 52 valence electrons. The molecule has 1 atom stereocenters. The van der Waals surface area contributed by atoms with Gasteiger partial charge in [-0.25, -0.2) is 0 Å². The maximum atomic E-state index is 5.44. The highest BCUT2D eigenvalue weighted by Crippen LogP contribution is 1.98. The molecule has 0 aromatic rings. The van der Waals surface area contributed by atoms with Crippen molar-refractivity contribution in [3.8, 4) is 0 Å². The summed E-state index contributed by atoms with van der Waals surface area (Å²) in [5.74, 6) is 0.833. The number of hydrogen-bond acceptors (Lipinski definition) is 0. The average Bonchev–Trinajstić information content (AvgIpc) is 1.69. The van der Waals surface area contributed by atoms with Gasteiger partial charge in [-0.3, -0.25) is 0 Å². The Hall–Kier alpha value is 0.720. The van der Waals surface area contributed by atoms with Crippen molar-refractivity contribution in [2.75, 3.05) is 5.88 Å². The quantitative estimate of drug-likeness (QED) is 0.332. The maximum Gasteiger partial charge on any atom is 0.0223 e. The van der Waals surface area contributed by atoms with Gasteiger partial charge >= 0.3 is 0 Å². The van der Waals surface area contributed by atoms with E-state index in [4.69, 9.17) is 11.6 Å². The van der Waals surface area contributed by atoms with Crippen molar-refractivity contribution in [1.29, 1.82) is 0 Å². The third kappa shape index (κ3) is 9.87. The van der Waals surface area contributed by atoms with E-state index >= 15 is 0 Å². The molecule has 0 N–H and O–H groups in total. The van der Waals surface area contributed by atoms with Crippen LogP contribution < -0.4 is 0 Å². The molecule has 0 aromatic heterocycles. The van der Waals surface area contributed by atoms with E-state index in [-0.39, 0.29) is 9.90 Å². The Bertz CT molecular complexity index is 27.7. The van der Waals surface area contributed by atoms with Crippen molar-refractivity contribution in [1.82, 2.24) is 0 Å². The van der Waals surface area contributed by atoms with Gasteiger partial charge in [0, 0.05) is 5.88 Å². The molecule has 0 fully saturated rings. The largest absolute Gasteiger partial charge is 0.153 e. The molecule has 0 aliphatic rings. The lowest BCUT2D eigenvalue weighted by atomic mass is 10.2. The second kappa shape index (κ2) is 10.7. The lowest BCUT2D eigenvalue weighted by molar-refractivity contribution is 0.705. The molecule has 0 aromatic carbocycles. The van der Waals surface area contributed by atoms with Gasteiger partial charge in [-0.1, -0.05) is 26.2 Å². The molecule has 1 unspecified atom stereocenters. The minimum absolute atomic E-state index is 0. The summed E-state index contributed by atoms with van der Waals surface area (Å²) >= 11 is 5.44. The molecule has 0 saturated carbocycles. The van der Waals surface area contributed by atoms with Crippen LogP contribution in [-0.2, 0) is 0 Å². The molecule has 0 aliphatic heterocycles. The van der Waals surface area contributed by atoms with Crippen LogP contribution in [0.3, 0.4) is 0 Å². The van der Waals surface area contributed by atoms with Crippen molar-refractivity contribution in [2.24, 2.45) is 0 Å². The average molecular weight is 155 g/mol. The number of rotatable bonds is 4. The molecule has 0 radical (unpaired) electrons. The van der Waals surface area contributed by atoms with E-state index in [9.17, 15) is 0 Å². The standard InChI is InChI=1S/C6H13Cl.H3P/c1-2-3-4-5-6-7;/h2-6H2,1H3;1H3. The van der Waals surface area contributed by atoms with Gasteiger partial charge in [-0.15, -0.1) is 11.6 Å². The van der Waals surface area contributed by atoms with Crippen LogP contribution in [0.15, 0.2) is 0 Å². The van der Waals surface area contributed by atoms with Gasteiger partial charge < -0.3 is 0 Å². The van der Waals surface area contributed by atoms with Crippen LogP contribution in [0.1, 0.15) is 32.6 Å². The predicted molar refractivity (Wildman–Crippen MR) is 46.0 cm³/mol.